The third-order valence-corrected chi connectivity index (χ3v) is 2.51. The van der Waals surface area contributed by atoms with Crippen LogP contribution in [0, 0.1) is 5.41 Å². The topological polar surface area (TPSA) is 55.4 Å². The summed E-state index contributed by atoms with van der Waals surface area (Å²) in [6.07, 6.45) is -4.07. The molecule has 1 aliphatic heterocycles. The summed E-state index contributed by atoms with van der Waals surface area (Å²) in [4.78, 5) is 21.9. The van der Waals surface area contributed by atoms with E-state index in [1.54, 1.807) is 0 Å². The van der Waals surface area contributed by atoms with Crippen LogP contribution in [0.2, 0.25) is 0 Å². The first-order valence-electron chi connectivity index (χ1n) is 4.80. The highest BCUT2D eigenvalue weighted by atomic mass is 19.4. The Bertz CT molecular complexity index is 295. The van der Waals surface area contributed by atoms with Crippen LogP contribution >= 0.6 is 0 Å². The Morgan fingerprint density at radius 1 is 1.38 bits per heavy atom. The van der Waals surface area contributed by atoms with Crippen LogP contribution in [0.3, 0.4) is 0 Å². The molecule has 1 fully saturated rings. The second kappa shape index (κ2) is 4.40. The molecule has 0 aromatic rings. The van der Waals surface area contributed by atoms with Crippen molar-refractivity contribution in [3.05, 3.63) is 0 Å². The number of piperidine rings is 1. The minimum Gasteiger partial charge on any atom is -0.386 e. The fraction of sp³-hybridized carbons (Fsp3) is 0.778. The SMILES string of the molecule is CC1(C(=O)OC(=O)C(F)(F)F)CCCNC1. The number of halogens is 3. The normalized spacial score (nSPS) is 26.2. The molecule has 7 heteroatoms. The fourth-order valence-electron chi connectivity index (χ4n) is 1.50. The van der Waals surface area contributed by atoms with Crippen LogP contribution in [0.15, 0.2) is 0 Å². The lowest BCUT2D eigenvalue weighted by Crippen LogP contribution is -2.46. The molecule has 0 saturated carbocycles. The first kappa shape index (κ1) is 13.0. The van der Waals surface area contributed by atoms with Gasteiger partial charge in [-0.05, 0) is 26.3 Å². The van der Waals surface area contributed by atoms with E-state index >= 15 is 0 Å². The molecular weight excluding hydrogens is 227 g/mol. The highest BCUT2D eigenvalue weighted by Gasteiger charge is 2.46. The van der Waals surface area contributed by atoms with Crippen molar-refractivity contribution >= 4 is 11.9 Å². The molecule has 1 saturated heterocycles. The van der Waals surface area contributed by atoms with Crippen molar-refractivity contribution in [2.75, 3.05) is 13.1 Å². The number of alkyl halides is 3. The number of carbonyl (C=O) groups is 2. The van der Waals surface area contributed by atoms with Gasteiger partial charge in [0.1, 0.15) is 0 Å². The molecule has 0 aromatic heterocycles. The van der Waals surface area contributed by atoms with Crippen molar-refractivity contribution in [2.24, 2.45) is 5.41 Å². The van der Waals surface area contributed by atoms with Crippen molar-refractivity contribution in [3.63, 3.8) is 0 Å². The van der Waals surface area contributed by atoms with Crippen LogP contribution in [-0.4, -0.2) is 31.2 Å². The summed E-state index contributed by atoms with van der Waals surface area (Å²) in [5.41, 5.74) is -1.06. The molecule has 0 radical (unpaired) electrons. The summed E-state index contributed by atoms with van der Waals surface area (Å²) < 4.78 is 39.4. The maximum atomic E-state index is 11.9. The van der Waals surface area contributed by atoms with Gasteiger partial charge in [0.2, 0.25) is 0 Å². The number of nitrogens with one attached hydrogen (secondary N) is 1. The van der Waals surface area contributed by atoms with Crippen LogP contribution in [0.25, 0.3) is 0 Å². The molecule has 0 spiro atoms. The number of esters is 2. The number of hydrogen-bond donors (Lipinski definition) is 1. The van der Waals surface area contributed by atoms with Crippen LogP contribution in [0.4, 0.5) is 13.2 Å². The Balaban J connectivity index is 2.61. The molecule has 1 atom stereocenters. The van der Waals surface area contributed by atoms with E-state index in [-0.39, 0.29) is 6.54 Å². The summed E-state index contributed by atoms with van der Waals surface area (Å²) in [7, 11) is 0. The maximum absolute atomic E-state index is 11.9. The van der Waals surface area contributed by atoms with Gasteiger partial charge in [-0.15, -0.1) is 0 Å². The first-order valence-corrected chi connectivity index (χ1v) is 4.80. The van der Waals surface area contributed by atoms with E-state index in [1.165, 1.54) is 6.92 Å². The van der Waals surface area contributed by atoms with Crippen LogP contribution in [-0.2, 0) is 14.3 Å². The highest BCUT2D eigenvalue weighted by molar-refractivity contribution is 5.91. The third-order valence-electron chi connectivity index (χ3n) is 2.51. The predicted octanol–water partition coefficient (Wildman–Crippen LogP) is 1.01. The number of ether oxygens (including phenoxy) is 1. The molecule has 4 nitrogen and oxygen atoms in total. The van der Waals surface area contributed by atoms with E-state index in [0.717, 1.165) is 0 Å². The Kier molecular flexibility index (Phi) is 3.57. The lowest BCUT2D eigenvalue weighted by molar-refractivity contribution is -0.205. The van der Waals surface area contributed by atoms with Gasteiger partial charge in [-0.2, -0.15) is 13.2 Å². The molecular formula is C9H12F3NO3. The van der Waals surface area contributed by atoms with Crippen LogP contribution < -0.4 is 5.32 Å². The molecule has 1 aliphatic rings. The third kappa shape index (κ3) is 2.94. The second-order valence-corrected chi connectivity index (χ2v) is 4.02. The number of hydrogen-bond acceptors (Lipinski definition) is 4. The van der Waals surface area contributed by atoms with Crippen molar-refractivity contribution in [1.29, 1.82) is 0 Å². The molecule has 0 aromatic carbocycles. The summed E-state index contributed by atoms with van der Waals surface area (Å²) in [5, 5.41) is 2.87. The van der Waals surface area contributed by atoms with E-state index in [0.29, 0.717) is 19.4 Å². The zero-order valence-corrected chi connectivity index (χ0v) is 8.69. The average Bonchev–Trinajstić information content (AvgIpc) is 2.17. The monoisotopic (exact) mass is 239 g/mol. The van der Waals surface area contributed by atoms with Crippen molar-refractivity contribution in [3.8, 4) is 0 Å². The summed E-state index contributed by atoms with van der Waals surface area (Å²) in [5.74, 6) is -3.58. The molecule has 0 aliphatic carbocycles. The molecule has 92 valence electrons. The highest BCUT2D eigenvalue weighted by Crippen LogP contribution is 2.28. The van der Waals surface area contributed by atoms with Crippen molar-refractivity contribution in [1.82, 2.24) is 5.32 Å². The molecule has 1 unspecified atom stereocenters. The van der Waals surface area contributed by atoms with E-state index in [1.807, 2.05) is 0 Å². The Morgan fingerprint density at radius 3 is 2.44 bits per heavy atom. The van der Waals surface area contributed by atoms with E-state index in [9.17, 15) is 22.8 Å². The predicted molar refractivity (Wildman–Crippen MR) is 47.4 cm³/mol. The van der Waals surface area contributed by atoms with Crippen LogP contribution in [0.1, 0.15) is 19.8 Å². The molecule has 0 bridgehead atoms. The van der Waals surface area contributed by atoms with Crippen molar-refractivity contribution in [2.45, 2.75) is 25.9 Å². The Labute approximate surface area is 90.1 Å². The van der Waals surface area contributed by atoms with Gasteiger partial charge < -0.3 is 10.1 Å². The van der Waals surface area contributed by atoms with Gasteiger partial charge in [-0.25, -0.2) is 4.79 Å². The summed E-state index contributed by atoms with van der Waals surface area (Å²) in [6, 6.07) is 0. The van der Waals surface area contributed by atoms with Gasteiger partial charge in [0.25, 0.3) is 0 Å². The lowest BCUT2D eigenvalue weighted by Gasteiger charge is -2.31. The molecule has 1 rings (SSSR count). The number of rotatable bonds is 1. The van der Waals surface area contributed by atoms with Gasteiger partial charge >= 0.3 is 18.1 Å². The first-order chi connectivity index (χ1) is 7.26. The minimum atomic E-state index is -5.13. The van der Waals surface area contributed by atoms with E-state index in [2.05, 4.69) is 10.1 Å². The van der Waals surface area contributed by atoms with Gasteiger partial charge in [0.15, 0.2) is 0 Å². The van der Waals surface area contributed by atoms with Gasteiger partial charge in [0.05, 0.1) is 5.41 Å². The zero-order chi connectivity index (χ0) is 12.4. The number of carbonyl (C=O) groups excluding carboxylic acids is 2. The minimum absolute atomic E-state index is 0.219. The van der Waals surface area contributed by atoms with Crippen molar-refractivity contribution < 1.29 is 27.5 Å². The molecule has 1 N–H and O–H groups in total. The summed E-state index contributed by atoms with van der Waals surface area (Å²) >= 11 is 0. The van der Waals surface area contributed by atoms with E-state index in [4.69, 9.17) is 0 Å². The Hall–Kier alpha value is -1.11. The maximum Gasteiger partial charge on any atom is 0.491 e. The zero-order valence-electron chi connectivity index (χ0n) is 8.69. The largest absolute Gasteiger partial charge is 0.491 e. The standard InChI is InChI=1S/C9H12F3NO3/c1-8(3-2-4-13-5-8)6(14)16-7(15)9(10,11)12/h13H,2-5H2,1H3. The smallest absolute Gasteiger partial charge is 0.386 e. The molecule has 1 heterocycles. The lowest BCUT2D eigenvalue weighted by atomic mass is 9.83. The Morgan fingerprint density at radius 2 is 2.00 bits per heavy atom. The van der Waals surface area contributed by atoms with Gasteiger partial charge in [-0.3, -0.25) is 4.79 Å². The quantitative estimate of drug-likeness (QED) is 0.548. The van der Waals surface area contributed by atoms with Crippen LogP contribution in [0.5, 0.6) is 0 Å². The fourth-order valence-corrected chi connectivity index (χ4v) is 1.50. The van der Waals surface area contributed by atoms with Gasteiger partial charge in [-0.1, -0.05) is 0 Å². The van der Waals surface area contributed by atoms with E-state index < -0.39 is 23.5 Å². The molecule has 0 amide bonds. The van der Waals surface area contributed by atoms with Gasteiger partial charge in [0, 0.05) is 6.54 Å². The second-order valence-electron chi connectivity index (χ2n) is 4.02. The average molecular weight is 239 g/mol. The molecule has 16 heavy (non-hydrogen) atoms. The summed E-state index contributed by atoms with van der Waals surface area (Å²) in [6.45, 7) is 2.40.